The molecule has 2 aromatic rings. The van der Waals surface area contributed by atoms with Crippen LogP contribution in [0.3, 0.4) is 0 Å². The molecule has 4 rings (SSSR count). The monoisotopic (exact) mass is 567 g/mol. The number of sulfonamides is 1. The Morgan fingerprint density at radius 3 is 2.49 bits per heavy atom. The summed E-state index contributed by atoms with van der Waals surface area (Å²) in [6.07, 6.45) is 4.38. The molecule has 0 spiro atoms. The number of halogens is 3. The number of ether oxygens (including phenoxy) is 1. The highest BCUT2D eigenvalue weighted by Crippen LogP contribution is 2.45. The summed E-state index contributed by atoms with van der Waals surface area (Å²) in [5.41, 5.74) is 1.67. The van der Waals surface area contributed by atoms with E-state index >= 15 is 0 Å². The highest BCUT2D eigenvalue weighted by molar-refractivity contribution is 7.89. The number of nitriles is 1. The fourth-order valence-electron chi connectivity index (χ4n) is 4.76. The zero-order valence-corrected chi connectivity index (χ0v) is 22.9. The fourth-order valence-corrected chi connectivity index (χ4v) is 5.76. The van der Waals surface area contributed by atoms with Crippen molar-refractivity contribution >= 4 is 39.1 Å². The number of rotatable bonds is 8. The van der Waals surface area contributed by atoms with Crippen molar-refractivity contribution in [3.63, 3.8) is 0 Å². The van der Waals surface area contributed by atoms with E-state index in [1.807, 2.05) is 11.6 Å². The van der Waals surface area contributed by atoms with Gasteiger partial charge in [0, 0.05) is 17.1 Å². The number of piperidine rings is 1. The van der Waals surface area contributed by atoms with E-state index in [-0.39, 0.29) is 23.4 Å². The van der Waals surface area contributed by atoms with Crippen LogP contribution in [-0.2, 0) is 10.0 Å². The number of nitrogens with zero attached hydrogens (tertiary/aromatic N) is 2. The van der Waals surface area contributed by atoms with Crippen LogP contribution >= 0.6 is 23.2 Å². The number of likely N-dealkylation sites (tertiary alicyclic amines) is 1. The van der Waals surface area contributed by atoms with Crippen LogP contribution in [0.25, 0.3) is 0 Å². The van der Waals surface area contributed by atoms with Gasteiger partial charge < -0.3 is 4.74 Å². The average molecular weight is 568 g/mol. The minimum absolute atomic E-state index is 0.0334. The van der Waals surface area contributed by atoms with Crippen molar-refractivity contribution in [3.8, 4) is 11.8 Å². The first-order chi connectivity index (χ1) is 17.5. The smallest absolute Gasteiger partial charge is 0.267 e. The average Bonchev–Trinajstić information content (AvgIpc) is 3.66. The Morgan fingerprint density at radius 1 is 1.22 bits per heavy atom. The van der Waals surface area contributed by atoms with Crippen molar-refractivity contribution in [1.82, 2.24) is 9.62 Å². The molecule has 1 saturated carbocycles. The highest BCUT2D eigenvalue weighted by Gasteiger charge is 2.31. The Kier molecular flexibility index (Phi) is 8.34. The van der Waals surface area contributed by atoms with Crippen LogP contribution in [0.4, 0.5) is 4.39 Å². The van der Waals surface area contributed by atoms with Gasteiger partial charge in [0.2, 0.25) is 10.0 Å². The zero-order valence-electron chi connectivity index (χ0n) is 20.6. The molecule has 1 heterocycles. The first-order valence-corrected chi connectivity index (χ1v) is 14.7. The summed E-state index contributed by atoms with van der Waals surface area (Å²) in [6.45, 7) is 4.02. The molecule has 0 radical (unpaired) electrons. The molecule has 1 N–H and O–H groups in total. The summed E-state index contributed by atoms with van der Waals surface area (Å²) in [5, 5.41) is 10.4. The maximum atomic E-state index is 14.7. The molecule has 0 unspecified atom stereocenters. The van der Waals surface area contributed by atoms with Crippen LogP contribution in [-0.4, -0.2) is 45.2 Å². The lowest BCUT2D eigenvalue weighted by molar-refractivity contribution is 0.0977. The van der Waals surface area contributed by atoms with Crippen LogP contribution in [0.2, 0.25) is 10.0 Å². The van der Waals surface area contributed by atoms with Crippen LogP contribution in [0.15, 0.2) is 24.3 Å². The van der Waals surface area contributed by atoms with Gasteiger partial charge in [-0.3, -0.25) is 9.69 Å². The van der Waals surface area contributed by atoms with Crippen LogP contribution in [0.5, 0.6) is 5.75 Å². The standard InChI is InChI=1S/C26H28Cl2FN3O4S/c1-15(19-9-18(27)10-23(28)22(19)13-30)32-7-5-16(6-8-32)14-36-25-12-24(29)21(11-20(25)17-3-4-17)26(33)31-37(2,34)35/h9-12,15-17H,3-8,14H2,1-2H3,(H,31,33)/t15-/m1/s1. The predicted molar refractivity (Wildman–Crippen MR) is 140 cm³/mol. The van der Waals surface area contributed by atoms with Gasteiger partial charge in [0.05, 0.1) is 29.0 Å². The largest absolute Gasteiger partial charge is 0.493 e. The molecule has 37 heavy (non-hydrogen) atoms. The lowest BCUT2D eigenvalue weighted by Crippen LogP contribution is -2.37. The van der Waals surface area contributed by atoms with Crippen molar-refractivity contribution in [2.24, 2.45) is 5.92 Å². The fraction of sp³-hybridized carbons (Fsp3) is 0.462. The van der Waals surface area contributed by atoms with Gasteiger partial charge >= 0.3 is 0 Å². The molecular weight excluding hydrogens is 540 g/mol. The van der Waals surface area contributed by atoms with Crippen molar-refractivity contribution in [3.05, 3.63) is 62.4 Å². The van der Waals surface area contributed by atoms with Gasteiger partial charge in [-0.05, 0) is 86.9 Å². The molecule has 1 atom stereocenters. The molecule has 1 aliphatic carbocycles. The van der Waals surface area contributed by atoms with Crippen LogP contribution < -0.4 is 9.46 Å². The van der Waals surface area contributed by atoms with E-state index < -0.39 is 21.7 Å². The van der Waals surface area contributed by atoms with E-state index in [4.69, 9.17) is 27.9 Å². The molecule has 11 heteroatoms. The number of hydrogen-bond acceptors (Lipinski definition) is 6. The number of nitrogens with one attached hydrogen (secondary N) is 1. The van der Waals surface area contributed by atoms with E-state index in [1.165, 1.54) is 12.1 Å². The minimum Gasteiger partial charge on any atom is -0.493 e. The molecule has 2 aliphatic rings. The van der Waals surface area contributed by atoms with Gasteiger partial charge in [-0.25, -0.2) is 17.5 Å². The van der Waals surface area contributed by atoms with Crippen molar-refractivity contribution < 1.29 is 22.3 Å². The minimum atomic E-state index is -3.81. The maximum Gasteiger partial charge on any atom is 0.267 e. The van der Waals surface area contributed by atoms with Crippen molar-refractivity contribution in [1.29, 1.82) is 5.26 Å². The topological polar surface area (TPSA) is 99.5 Å². The zero-order chi connectivity index (χ0) is 26.9. The number of carbonyl (C=O) groups excluding carboxylic acids is 1. The van der Waals surface area contributed by atoms with Gasteiger partial charge in [-0.1, -0.05) is 23.2 Å². The Morgan fingerprint density at radius 2 is 1.89 bits per heavy atom. The van der Waals surface area contributed by atoms with Gasteiger partial charge in [-0.15, -0.1) is 0 Å². The molecule has 0 bridgehead atoms. The Bertz CT molecular complexity index is 1350. The van der Waals surface area contributed by atoms with Gasteiger partial charge in [0.1, 0.15) is 17.6 Å². The van der Waals surface area contributed by atoms with Crippen LogP contribution in [0, 0.1) is 23.1 Å². The second-order valence-corrected chi connectivity index (χ2v) is 12.4. The summed E-state index contributed by atoms with van der Waals surface area (Å²) in [4.78, 5) is 14.5. The summed E-state index contributed by atoms with van der Waals surface area (Å²) < 4.78 is 45.4. The van der Waals surface area contributed by atoms with Crippen LogP contribution in [0.1, 0.15) is 71.6 Å². The number of benzene rings is 2. The molecule has 198 valence electrons. The molecule has 0 aromatic heterocycles. The molecule has 7 nitrogen and oxygen atoms in total. The summed E-state index contributed by atoms with van der Waals surface area (Å²) >= 11 is 12.4. The molecular formula is C26H28Cl2FN3O4S. The van der Waals surface area contributed by atoms with E-state index in [0.29, 0.717) is 28.0 Å². The number of hydrogen-bond donors (Lipinski definition) is 1. The predicted octanol–water partition coefficient (Wildman–Crippen LogP) is 5.42. The SMILES string of the molecule is C[C@H](c1cc(Cl)cc(Cl)c1C#N)N1CCC(COc2cc(F)c(C(=O)NS(C)(=O)=O)cc2C2CC2)CC1. The Labute approximate surface area is 226 Å². The third-order valence-electron chi connectivity index (χ3n) is 6.96. The summed E-state index contributed by atoms with van der Waals surface area (Å²) in [7, 11) is -3.81. The number of amides is 1. The lowest BCUT2D eigenvalue weighted by atomic mass is 9.94. The summed E-state index contributed by atoms with van der Waals surface area (Å²) in [6, 6.07) is 8.12. The van der Waals surface area contributed by atoms with E-state index in [2.05, 4.69) is 11.0 Å². The second kappa shape index (κ2) is 11.2. The quantitative estimate of drug-likeness (QED) is 0.457. The maximum absolute atomic E-state index is 14.7. The third-order valence-corrected chi connectivity index (χ3v) is 8.03. The lowest BCUT2D eigenvalue weighted by Gasteiger charge is -2.36. The Balaban J connectivity index is 1.40. The van der Waals surface area contributed by atoms with E-state index in [0.717, 1.165) is 56.2 Å². The molecule has 1 aliphatic heterocycles. The molecule has 1 amide bonds. The van der Waals surface area contributed by atoms with Crippen molar-refractivity contribution in [2.45, 2.75) is 44.6 Å². The first-order valence-electron chi connectivity index (χ1n) is 12.1. The second-order valence-electron chi connectivity index (χ2n) is 9.78. The van der Waals surface area contributed by atoms with Gasteiger partial charge in [0.25, 0.3) is 5.91 Å². The van der Waals surface area contributed by atoms with Gasteiger partial charge in [0.15, 0.2) is 0 Å². The number of carbonyl (C=O) groups is 1. The molecule has 1 saturated heterocycles. The summed E-state index contributed by atoms with van der Waals surface area (Å²) in [5.74, 6) is -0.987. The Hall–Kier alpha value is -2.38. The third kappa shape index (κ3) is 6.74. The van der Waals surface area contributed by atoms with Gasteiger partial charge in [-0.2, -0.15) is 5.26 Å². The normalized spacial score (nSPS) is 17.7. The molecule has 2 fully saturated rings. The first kappa shape index (κ1) is 27.6. The highest BCUT2D eigenvalue weighted by atomic mass is 35.5. The van der Waals surface area contributed by atoms with Crippen molar-refractivity contribution in [2.75, 3.05) is 26.0 Å². The van der Waals surface area contributed by atoms with E-state index in [1.54, 1.807) is 12.1 Å². The molecule has 2 aromatic carbocycles. The van der Waals surface area contributed by atoms with E-state index in [9.17, 15) is 22.9 Å².